The van der Waals surface area contributed by atoms with Gasteiger partial charge in [-0.2, -0.15) is 0 Å². The smallest absolute Gasteiger partial charge is 0.336 e. The van der Waals surface area contributed by atoms with E-state index in [4.69, 9.17) is 9.15 Å². The normalized spacial score (nSPS) is 13.2. The molecule has 0 saturated heterocycles. The first-order chi connectivity index (χ1) is 18.8. The van der Waals surface area contributed by atoms with Gasteiger partial charge in [-0.05, 0) is 35.4 Å². The van der Waals surface area contributed by atoms with Gasteiger partial charge in [-0.15, -0.1) is 0 Å². The molecule has 4 aromatic rings. The first kappa shape index (κ1) is 27.1. The molecule has 4 N–H and O–H groups in total. The van der Waals surface area contributed by atoms with E-state index in [1.165, 1.54) is 13.2 Å². The minimum absolute atomic E-state index is 0.195. The number of aliphatic hydroxyl groups excluding tert-OH is 1. The number of nitrogens with one attached hydrogen (secondary N) is 2. The number of aliphatic carboxylic acids is 1. The van der Waals surface area contributed by atoms with E-state index in [1.807, 2.05) is 0 Å². The van der Waals surface area contributed by atoms with Gasteiger partial charge in [-0.25, -0.2) is 9.59 Å². The molecule has 0 radical (unpaired) electrons. The Labute approximate surface area is 222 Å². The van der Waals surface area contributed by atoms with Gasteiger partial charge in [0.25, 0.3) is 11.8 Å². The Morgan fingerprint density at radius 3 is 2.23 bits per heavy atom. The fourth-order valence-electron chi connectivity index (χ4n) is 4.15. The highest BCUT2D eigenvalue weighted by molar-refractivity contribution is 5.95. The van der Waals surface area contributed by atoms with Crippen LogP contribution in [0.4, 0.5) is 0 Å². The van der Waals surface area contributed by atoms with E-state index in [0.29, 0.717) is 27.8 Å². The average molecular weight is 531 g/mol. The summed E-state index contributed by atoms with van der Waals surface area (Å²) in [6.07, 6.45) is -2.10. The molecule has 1 aromatic heterocycles. The summed E-state index contributed by atoms with van der Waals surface area (Å²) in [4.78, 5) is 50.2. The maximum absolute atomic E-state index is 13.1. The number of benzene rings is 3. The Morgan fingerprint density at radius 2 is 1.59 bits per heavy atom. The van der Waals surface area contributed by atoms with Crippen molar-refractivity contribution in [1.82, 2.24) is 10.6 Å². The number of carbonyl (C=O) groups excluding carboxylic acids is 2. The number of hydrogen-bond acceptors (Lipinski definition) is 7. The highest BCUT2D eigenvalue weighted by Gasteiger charge is 2.32. The highest BCUT2D eigenvalue weighted by Crippen LogP contribution is 2.24. The van der Waals surface area contributed by atoms with Crippen molar-refractivity contribution in [2.75, 3.05) is 7.11 Å². The van der Waals surface area contributed by atoms with Gasteiger partial charge in [0.1, 0.15) is 17.4 Å². The van der Waals surface area contributed by atoms with Crippen LogP contribution in [0, 0.1) is 0 Å². The van der Waals surface area contributed by atoms with Crippen LogP contribution in [0.5, 0.6) is 5.75 Å². The SMILES string of the molecule is COc1ccc2c(C[C@@H](NC(=O)[C@H](O)[C@@H](NC(=O)c3ccccc3)c3ccccc3)C(=O)O)cc(=O)oc2c1. The predicted octanol–water partition coefficient (Wildman–Crippen LogP) is 2.45. The van der Waals surface area contributed by atoms with Crippen molar-refractivity contribution in [3.8, 4) is 5.75 Å². The number of rotatable bonds is 10. The number of methoxy groups -OCH3 is 1. The minimum atomic E-state index is -1.83. The Morgan fingerprint density at radius 1 is 0.923 bits per heavy atom. The number of carboxylic acids is 1. The van der Waals surface area contributed by atoms with Gasteiger partial charge in [0.15, 0.2) is 6.10 Å². The molecule has 10 heteroatoms. The second-order valence-corrected chi connectivity index (χ2v) is 8.73. The van der Waals surface area contributed by atoms with Crippen molar-refractivity contribution in [2.24, 2.45) is 0 Å². The van der Waals surface area contributed by atoms with Crippen molar-refractivity contribution in [3.63, 3.8) is 0 Å². The zero-order valence-corrected chi connectivity index (χ0v) is 20.9. The highest BCUT2D eigenvalue weighted by atomic mass is 16.5. The molecule has 1 heterocycles. The molecule has 0 aliphatic carbocycles. The zero-order valence-electron chi connectivity index (χ0n) is 20.9. The minimum Gasteiger partial charge on any atom is -0.497 e. The number of hydrogen-bond donors (Lipinski definition) is 4. The lowest BCUT2D eigenvalue weighted by Crippen LogP contribution is -2.50. The van der Waals surface area contributed by atoms with Gasteiger partial charge >= 0.3 is 11.6 Å². The van der Waals surface area contributed by atoms with E-state index in [2.05, 4.69) is 10.6 Å². The van der Waals surface area contributed by atoms with Crippen molar-refractivity contribution in [1.29, 1.82) is 0 Å². The summed E-state index contributed by atoms with van der Waals surface area (Å²) >= 11 is 0. The third-order valence-electron chi connectivity index (χ3n) is 6.14. The maximum Gasteiger partial charge on any atom is 0.336 e. The summed E-state index contributed by atoms with van der Waals surface area (Å²) in [7, 11) is 1.45. The molecular weight excluding hydrogens is 504 g/mol. The van der Waals surface area contributed by atoms with Gasteiger partial charge in [0.2, 0.25) is 0 Å². The van der Waals surface area contributed by atoms with Crippen LogP contribution in [0.25, 0.3) is 11.0 Å². The molecule has 200 valence electrons. The quantitative estimate of drug-likeness (QED) is 0.228. The number of fused-ring (bicyclic) bond motifs is 1. The molecule has 0 fully saturated rings. The molecule has 4 rings (SSSR count). The summed E-state index contributed by atoms with van der Waals surface area (Å²) in [5.41, 5.74) is 0.579. The third-order valence-corrected chi connectivity index (χ3v) is 6.14. The largest absolute Gasteiger partial charge is 0.497 e. The molecule has 0 aliphatic rings. The van der Waals surface area contributed by atoms with Crippen LogP contribution in [-0.2, 0) is 16.0 Å². The van der Waals surface area contributed by atoms with Crippen molar-refractivity contribution >= 4 is 28.8 Å². The summed E-state index contributed by atoms with van der Waals surface area (Å²) in [5, 5.41) is 26.3. The van der Waals surface area contributed by atoms with Gasteiger partial charge in [-0.1, -0.05) is 48.5 Å². The Balaban J connectivity index is 1.58. The van der Waals surface area contributed by atoms with Gasteiger partial charge < -0.3 is 30.0 Å². The van der Waals surface area contributed by atoms with Crippen LogP contribution in [0.3, 0.4) is 0 Å². The van der Waals surface area contributed by atoms with Crippen LogP contribution in [0.2, 0.25) is 0 Å². The molecule has 0 unspecified atom stereocenters. The lowest BCUT2D eigenvalue weighted by atomic mass is 9.98. The molecular formula is C29H26N2O8. The van der Waals surface area contributed by atoms with E-state index in [9.17, 15) is 29.4 Å². The summed E-state index contributed by atoms with van der Waals surface area (Å²) < 4.78 is 10.4. The Kier molecular flexibility index (Phi) is 8.37. The fourth-order valence-corrected chi connectivity index (χ4v) is 4.15. The first-order valence-electron chi connectivity index (χ1n) is 12.0. The maximum atomic E-state index is 13.1. The molecule has 0 bridgehead atoms. The predicted molar refractivity (Wildman–Crippen MR) is 141 cm³/mol. The topological polar surface area (TPSA) is 155 Å². The second-order valence-electron chi connectivity index (χ2n) is 8.73. The summed E-state index contributed by atoms with van der Waals surface area (Å²) in [5.74, 6) is -2.48. The average Bonchev–Trinajstić information content (AvgIpc) is 2.95. The fraction of sp³-hybridized carbons (Fsp3) is 0.172. The molecule has 0 spiro atoms. The van der Waals surface area contributed by atoms with Gasteiger partial charge in [0, 0.05) is 29.5 Å². The third kappa shape index (κ3) is 6.49. The summed E-state index contributed by atoms with van der Waals surface area (Å²) in [6, 6.07) is 19.9. The monoisotopic (exact) mass is 530 g/mol. The molecule has 3 aromatic carbocycles. The van der Waals surface area contributed by atoms with Gasteiger partial charge in [-0.3, -0.25) is 9.59 Å². The van der Waals surface area contributed by atoms with E-state index in [1.54, 1.807) is 72.8 Å². The van der Waals surface area contributed by atoms with Crippen LogP contribution in [0.1, 0.15) is 27.5 Å². The first-order valence-corrected chi connectivity index (χ1v) is 12.0. The lowest BCUT2D eigenvalue weighted by molar-refractivity contribution is -0.143. The second kappa shape index (κ2) is 12.1. The molecule has 39 heavy (non-hydrogen) atoms. The Bertz CT molecular complexity index is 1540. The van der Waals surface area contributed by atoms with Crippen molar-refractivity contribution < 1.29 is 33.8 Å². The van der Waals surface area contributed by atoms with Crippen LogP contribution in [0.15, 0.2) is 94.1 Å². The molecule has 3 atom stereocenters. The van der Waals surface area contributed by atoms with Gasteiger partial charge in [0.05, 0.1) is 13.2 Å². The van der Waals surface area contributed by atoms with Crippen LogP contribution < -0.4 is 21.0 Å². The van der Waals surface area contributed by atoms with Crippen molar-refractivity contribution in [2.45, 2.75) is 24.6 Å². The standard InChI is InChI=1S/C29H26N2O8/c1-38-20-12-13-21-19(15-24(32)39-23(21)16-20)14-22(29(36)37)30-28(35)26(33)25(17-8-4-2-5-9-17)31-27(34)18-10-6-3-7-11-18/h2-13,15-16,22,25-26,33H,14H2,1H3,(H,30,35)(H,31,34)(H,36,37)/t22-,25+,26-/m1/s1. The van der Waals surface area contributed by atoms with Crippen LogP contribution >= 0.6 is 0 Å². The van der Waals surface area contributed by atoms with Crippen molar-refractivity contribution in [3.05, 3.63) is 112 Å². The van der Waals surface area contributed by atoms with E-state index in [0.717, 1.165) is 6.07 Å². The van der Waals surface area contributed by atoms with E-state index in [-0.39, 0.29) is 12.0 Å². The molecule has 0 aliphatic heterocycles. The molecule has 0 saturated carbocycles. The van der Waals surface area contributed by atoms with E-state index >= 15 is 0 Å². The molecule has 10 nitrogen and oxygen atoms in total. The number of carbonyl (C=O) groups is 3. The number of amides is 2. The number of ether oxygens (including phenoxy) is 1. The zero-order chi connectivity index (χ0) is 27.9. The lowest BCUT2D eigenvalue weighted by Gasteiger charge is -2.25. The van der Waals surface area contributed by atoms with E-state index < -0.39 is 41.6 Å². The Hall–Kier alpha value is -4.96. The summed E-state index contributed by atoms with van der Waals surface area (Å²) in [6.45, 7) is 0. The van der Waals surface area contributed by atoms with Crippen LogP contribution in [-0.4, -0.2) is 47.3 Å². The number of carboxylic acid groups (broad SMARTS) is 1. The molecule has 2 amide bonds. The number of aliphatic hydroxyl groups is 1.